The Labute approximate surface area is 173 Å². The van der Waals surface area contributed by atoms with Crippen LogP contribution in [0.1, 0.15) is 50.5 Å². The van der Waals surface area contributed by atoms with E-state index in [-0.39, 0.29) is 15.6 Å². The molecule has 0 bridgehead atoms. The van der Waals surface area contributed by atoms with E-state index < -0.39 is 21.9 Å². The van der Waals surface area contributed by atoms with Crippen molar-refractivity contribution in [3.05, 3.63) is 39.9 Å². The number of hydrogen-bond donors (Lipinski definition) is 1. The van der Waals surface area contributed by atoms with E-state index in [0.717, 1.165) is 30.6 Å². The summed E-state index contributed by atoms with van der Waals surface area (Å²) in [5.74, 6) is -1.00. The maximum Gasteiger partial charge on any atom is 0.350 e. The van der Waals surface area contributed by atoms with Crippen molar-refractivity contribution in [3.63, 3.8) is 0 Å². The van der Waals surface area contributed by atoms with Crippen LogP contribution in [0.15, 0.2) is 23.1 Å². The van der Waals surface area contributed by atoms with Crippen LogP contribution in [0.3, 0.4) is 0 Å². The summed E-state index contributed by atoms with van der Waals surface area (Å²) in [5.41, 5.74) is 1.34. The van der Waals surface area contributed by atoms with Crippen molar-refractivity contribution in [2.24, 2.45) is 0 Å². The zero-order chi connectivity index (χ0) is 21.2. The summed E-state index contributed by atoms with van der Waals surface area (Å²) >= 11 is 1.01. The summed E-state index contributed by atoms with van der Waals surface area (Å²) in [5, 5.41) is 2.90. The number of sulfonamides is 1. The Kier molecular flexibility index (Phi) is 6.35. The predicted molar refractivity (Wildman–Crippen MR) is 110 cm³/mol. The highest BCUT2D eigenvalue weighted by atomic mass is 32.2. The van der Waals surface area contributed by atoms with Gasteiger partial charge in [-0.25, -0.2) is 18.2 Å². The molecular formula is C19H23N3O5S2. The molecule has 8 nitrogen and oxygen atoms in total. The molecule has 0 unspecified atom stereocenters. The number of carbonyl (C=O) groups is 2. The SMILES string of the molecule is COC(=O)c1sc(NC(=O)c2cc(S(=O)(=O)N3CCCCC3)ccc2C)nc1C. The van der Waals surface area contributed by atoms with Crippen LogP contribution in [0, 0.1) is 13.8 Å². The summed E-state index contributed by atoms with van der Waals surface area (Å²) in [6.45, 7) is 4.37. The number of ether oxygens (including phenoxy) is 1. The van der Waals surface area contributed by atoms with Crippen molar-refractivity contribution in [1.29, 1.82) is 0 Å². The number of anilines is 1. The highest BCUT2D eigenvalue weighted by Crippen LogP contribution is 2.26. The lowest BCUT2D eigenvalue weighted by atomic mass is 10.1. The van der Waals surface area contributed by atoms with Crippen LogP contribution in [0.25, 0.3) is 0 Å². The minimum atomic E-state index is -3.65. The summed E-state index contributed by atoms with van der Waals surface area (Å²) in [7, 11) is -2.37. The van der Waals surface area contributed by atoms with Crippen molar-refractivity contribution >= 4 is 38.4 Å². The highest BCUT2D eigenvalue weighted by Gasteiger charge is 2.27. The van der Waals surface area contributed by atoms with E-state index in [1.165, 1.54) is 23.5 Å². The largest absolute Gasteiger partial charge is 0.465 e. The number of aryl methyl sites for hydroxylation is 2. The second-order valence-corrected chi connectivity index (χ2v) is 9.76. The number of nitrogens with zero attached hydrogens (tertiary/aromatic N) is 2. The predicted octanol–water partition coefficient (Wildman–Crippen LogP) is 2.97. The van der Waals surface area contributed by atoms with E-state index in [9.17, 15) is 18.0 Å². The average molecular weight is 438 g/mol. The molecule has 2 aromatic rings. The molecule has 0 aliphatic carbocycles. The third kappa shape index (κ3) is 4.49. The third-order valence-electron chi connectivity index (χ3n) is 4.79. The van der Waals surface area contributed by atoms with Gasteiger partial charge in [-0.05, 0) is 44.4 Å². The molecule has 3 rings (SSSR count). The molecule has 1 aromatic carbocycles. The molecule has 2 heterocycles. The molecule has 1 amide bonds. The quantitative estimate of drug-likeness (QED) is 0.721. The van der Waals surface area contributed by atoms with Crippen molar-refractivity contribution in [3.8, 4) is 0 Å². The first-order valence-electron chi connectivity index (χ1n) is 9.22. The van der Waals surface area contributed by atoms with Crippen LogP contribution < -0.4 is 5.32 Å². The Morgan fingerprint density at radius 1 is 1.17 bits per heavy atom. The summed E-state index contributed by atoms with van der Waals surface area (Å²) < 4.78 is 32.0. The normalized spacial score (nSPS) is 15.1. The number of piperidine rings is 1. The molecule has 29 heavy (non-hydrogen) atoms. The number of hydrogen-bond acceptors (Lipinski definition) is 7. The Balaban J connectivity index is 1.86. The Morgan fingerprint density at radius 3 is 2.52 bits per heavy atom. The fourth-order valence-electron chi connectivity index (χ4n) is 3.16. The molecule has 1 fully saturated rings. The molecule has 1 N–H and O–H groups in total. The van der Waals surface area contributed by atoms with Gasteiger partial charge in [0, 0.05) is 18.7 Å². The third-order valence-corrected chi connectivity index (χ3v) is 7.74. The number of aromatic nitrogens is 1. The van der Waals surface area contributed by atoms with Crippen LogP contribution in [0.5, 0.6) is 0 Å². The standard InChI is InChI=1S/C19H23N3O5S2/c1-12-7-8-14(29(25,26)22-9-5-4-6-10-22)11-15(12)17(23)21-19-20-13(2)16(28-19)18(24)27-3/h7-8,11H,4-6,9-10H2,1-3H3,(H,20,21,23). The molecule has 0 saturated carbocycles. The average Bonchev–Trinajstić information content (AvgIpc) is 3.08. The fourth-order valence-corrected chi connectivity index (χ4v) is 5.58. The van der Waals surface area contributed by atoms with Gasteiger partial charge in [0.05, 0.1) is 17.7 Å². The summed E-state index contributed by atoms with van der Waals surface area (Å²) in [4.78, 5) is 29.1. The lowest BCUT2D eigenvalue weighted by molar-refractivity contribution is 0.0605. The number of benzene rings is 1. The van der Waals surface area contributed by atoms with E-state index >= 15 is 0 Å². The van der Waals surface area contributed by atoms with Crippen LogP contribution in [-0.4, -0.2) is 49.8 Å². The number of rotatable bonds is 5. The van der Waals surface area contributed by atoms with Crippen molar-refractivity contribution < 1.29 is 22.7 Å². The smallest absolute Gasteiger partial charge is 0.350 e. The van der Waals surface area contributed by atoms with E-state index in [0.29, 0.717) is 29.2 Å². The number of methoxy groups -OCH3 is 1. The van der Waals surface area contributed by atoms with Gasteiger partial charge >= 0.3 is 5.97 Å². The topological polar surface area (TPSA) is 106 Å². The second-order valence-electron chi connectivity index (χ2n) is 6.82. The maximum atomic E-state index is 12.9. The van der Waals surface area contributed by atoms with Gasteiger partial charge in [0.1, 0.15) is 4.88 Å². The lowest BCUT2D eigenvalue weighted by Gasteiger charge is -2.26. The number of amides is 1. The zero-order valence-electron chi connectivity index (χ0n) is 16.5. The molecule has 1 saturated heterocycles. The first kappa shape index (κ1) is 21.4. The molecule has 10 heteroatoms. The Hall–Kier alpha value is -2.30. The summed E-state index contributed by atoms with van der Waals surface area (Å²) in [6.07, 6.45) is 2.70. The molecule has 0 spiro atoms. The van der Waals surface area contributed by atoms with E-state index in [2.05, 4.69) is 10.3 Å². The molecule has 0 radical (unpaired) electrons. The molecule has 156 valence electrons. The van der Waals surface area contributed by atoms with E-state index in [1.54, 1.807) is 19.9 Å². The van der Waals surface area contributed by atoms with Crippen molar-refractivity contribution in [1.82, 2.24) is 9.29 Å². The highest BCUT2D eigenvalue weighted by molar-refractivity contribution is 7.89. The Morgan fingerprint density at radius 2 is 1.86 bits per heavy atom. The summed E-state index contributed by atoms with van der Waals surface area (Å²) in [6, 6.07) is 4.55. The number of nitrogens with one attached hydrogen (secondary N) is 1. The van der Waals surface area contributed by atoms with E-state index in [4.69, 9.17) is 4.74 Å². The number of thiazole rings is 1. The van der Waals surface area contributed by atoms with Gasteiger partial charge < -0.3 is 4.74 Å². The number of carbonyl (C=O) groups excluding carboxylic acids is 2. The van der Waals surface area contributed by atoms with Gasteiger partial charge in [0.2, 0.25) is 10.0 Å². The molecule has 1 aromatic heterocycles. The number of esters is 1. The zero-order valence-corrected chi connectivity index (χ0v) is 18.2. The van der Waals surface area contributed by atoms with Crippen LogP contribution >= 0.6 is 11.3 Å². The molecule has 1 aliphatic rings. The van der Waals surface area contributed by atoms with E-state index in [1.807, 2.05) is 0 Å². The minimum absolute atomic E-state index is 0.0979. The monoisotopic (exact) mass is 437 g/mol. The van der Waals surface area contributed by atoms with Crippen LogP contribution in [-0.2, 0) is 14.8 Å². The van der Waals surface area contributed by atoms with Gasteiger partial charge in [-0.3, -0.25) is 10.1 Å². The van der Waals surface area contributed by atoms with Crippen molar-refractivity contribution in [2.75, 3.05) is 25.5 Å². The molecule has 0 atom stereocenters. The molecular weight excluding hydrogens is 414 g/mol. The van der Waals surface area contributed by atoms with Crippen LogP contribution in [0.2, 0.25) is 0 Å². The lowest BCUT2D eigenvalue weighted by Crippen LogP contribution is -2.35. The first-order chi connectivity index (χ1) is 13.7. The Bertz CT molecular complexity index is 1040. The minimum Gasteiger partial charge on any atom is -0.465 e. The van der Waals surface area contributed by atoms with Gasteiger partial charge in [-0.2, -0.15) is 4.31 Å². The van der Waals surface area contributed by atoms with Gasteiger partial charge in [-0.1, -0.05) is 23.8 Å². The second kappa shape index (κ2) is 8.60. The molecule has 1 aliphatic heterocycles. The maximum absolute atomic E-state index is 12.9. The van der Waals surface area contributed by atoms with Gasteiger partial charge in [0.25, 0.3) is 5.91 Å². The first-order valence-corrected chi connectivity index (χ1v) is 11.5. The van der Waals surface area contributed by atoms with Gasteiger partial charge in [-0.15, -0.1) is 0 Å². The fraction of sp³-hybridized carbons (Fsp3) is 0.421. The van der Waals surface area contributed by atoms with Crippen LogP contribution in [0.4, 0.5) is 5.13 Å². The van der Waals surface area contributed by atoms with Gasteiger partial charge in [0.15, 0.2) is 5.13 Å². The van der Waals surface area contributed by atoms with Crippen molar-refractivity contribution in [2.45, 2.75) is 38.0 Å².